The minimum Gasteiger partial charge on any atom is -0.406 e. The van der Waals surface area contributed by atoms with E-state index in [1.54, 1.807) is 18.3 Å². The largest absolute Gasteiger partial charge is 0.425 e. The quantitative estimate of drug-likeness (QED) is 0.619. The van der Waals surface area contributed by atoms with Crippen molar-refractivity contribution in [3.05, 3.63) is 59.2 Å². The summed E-state index contributed by atoms with van der Waals surface area (Å²) < 4.78 is 6.55. The van der Waals surface area contributed by atoms with E-state index in [1.807, 2.05) is 30.3 Å². The molecule has 0 aliphatic rings. The number of aromatic nitrogens is 2. The average molecular weight is 212 g/mol. The van der Waals surface area contributed by atoms with Crippen molar-refractivity contribution >= 4 is 11.2 Å². The Balaban J connectivity index is 2.40. The molecule has 0 unspecified atom stereocenters. The van der Waals surface area contributed by atoms with Crippen LogP contribution in [0.15, 0.2) is 57.9 Å². The molecule has 2 aromatic heterocycles. The van der Waals surface area contributed by atoms with Crippen LogP contribution in [0.4, 0.5) is 0 Å². The van der Waals surface area contributed by atoms with Gasteiger partial charge in [0.05, 0.1) is 5.69 Å². The van der Waals surface area contributed by atoms with Crippen LogP contribution in [0, 0.1) is 0 Å². The van der Waals surface area contributed by atoms with Gasteiger partial charge in [-0.25, -0.2) is 14.3 Å². The standard InChI is InChI=1S/C12H8N2O2/c15-12-14(9-5-2-1-3-6-9)11-10(16-12)7-4-8-13-11/h1-8H. The molecule has 3 aromatic rings. The summed E-state index contributed by atoms with van der Waals surface area (Å²) in [6.45, 7) is 0. The van der Waals surface area contributed by atoms with Crippen LogP contribution < -0.4 is 5.76 Å². The van der Waals surface area contributed by atoms with E-state index < -0.39 is 5.76 Å². The van der Waals surface area contributed by atoms with Crippen LogP contribution in [-0.2, 0) is 0 Å². The predicted octanol–water partition coefficient (Wildman–Crippen LogP) is 1.98. The van der Waals surface area contributed by atoms with Gasteiger partial charge in [-0.15, -0.1) is 0 Å². The van der Waals surface area contributed by atoms with Crippen molar-refractivity contribution in [2.45, 2.75) is 0 Å². The van der Waals surface area contributed by atoms with Crippen molar-refractivity contribution in [3.8, 4) is 5.69 Å². The number of hydrogen-bond acceptors (Lipinski definition) is 3. The summed E-state index contributed by atoms with van der Waals surface area (Å²) in [5, 5.41) is 0. The van der Waals surface area contributed by atoms with Crippen molar-refractivity contribution in [2.75, 3.05) is 0 Å². The molecule has 0 aliphatic carbocycles. The van der Waals surface area contributed by atoms with E-state index in [2.05, 4.69) is 4.98 Å². The van der Waals surface area contributed by atoms with Crippen LogP contribution in [0.1, 0.15) is 0 Å². The van der Waals surface area contributed by atoms with Gasteiger partial charge in [-0.1, -0.05) is 18.2 Å². The number of pyridine rings is 1. The van der Waals surface area contributed by atoms with E-state index in [4.69, 9.17) is 4.42 Å². The molecule has 0 N–H and O–H groups in total. The first-order valence-corrected chi connectivity index (χ1v) is 4.88. The van der Waals surface area contributed by atoms with E-state index in [1.165, 1.54) is 4.57 Å². The van der Waals surface area contributed by atoms with Gasteiger partial charge in [-0.05, 0) is 24.3 Å². The lowest BCUT2D eigenvalue weighted by Gasteiger charge is -1.99. The fourth-order valence-electron chi connectivity index (χ4n) is 1.66. The van der Waals surface area contributed by atoms with Crippen LogP contribution in [0.3, 0.4) is 0 Å². The van der Waals surface area contributed by atoms with Crippen LogP contribution in [-0.4, -0.2) is 9.55 Å². The van der Waals surface area contributed by atoms with Gasteiger partial charge in [0, 0.05) is 6.20 Å². The molecule has 1 aromatic carbocycles. The second-order valence-corrected chi connectivity index (χ2v) is 3.36. The Hall–Kier alpha value is -2.36. The number of rotatable bonds is 1. The molecule has 0 atom stereocenters. The molecule has 4 nitrogen and oxygen atoms in total. The zero-order chi connectivity index (χ0) is 11.0. The first-order chi connectivity index (χ1) is 7.86. The maximum atomic E-state index is 11.7. The molecule has 2 heterocycles. The van der Waals surface area contributed by atoms with Gasteiger partial charge in [-0.2, -0.15) is 0 Å². The van der Waals surface area contributed by atoms with Gasteiger partial charge in [-0.3, -0.25) is 0 Å². The lowest BCUT2D eigenvalue weighted by atomic mass is 10.3. The van der Waals surface area contributed by atoms with E-state index >= 15 is 0 Å². The number of hydrogen-bond donors (Lipinski definition) is 0. The smallest absolute Gasteiger partial charge is 0.406 e. The normalized spacial score (nSPS) is 10.8. The second kappa shape index (κ2) is 3.34. The molecule has 0 spiro atoms. The molecule has 0 aliphatic heterocycles. The molecule has 4 heteroatoms. The SMILES string of the molecule is O=c1oc2cccnc2n1-c1ccccc1. The highest BCUT2D eigenvalue weighted by Crippen LogP contribution is 2.13. The number of para-hydroxylation sites is 1. The maximum absolute atomic E-state index is 11.7. The second-order valence-electron chi connectivity index (χ2n) is 3.36. The summed E-state index contributed by atoms with van der Waals surface area (Å²) in [5.74, 6) is -0.417. The van der Waals surface area contributed by atoms with Gasteiger partial charge >= 0.3 is 5.76 Å². The summed E-state index contributed by atoms with van der Waals surface area (Å²) >= 11 is 0. The van der Waals surface area contributed by atoms with Crippen LogP contribution >= 0.6 is 0 Å². The van der Waals surface area contributed by atoms with E-state index in [0.717, 1.165) is 5.69 Å². The summed E-state index contributed by atoms with van der Waals surface area (Å²) in [5.41, 5.74) is 1.79. The average Bonchev–Trinajstić information content (AvgIpc) is 2.66. The number of nitrogens with zero attached hydrogens (tertiary/aromatic N) is 2. The molecular weight excluding hydrogens is 204 g/mol. The van der Waals surface area contributed by atoms with Gasteiger partial charge in [0.25, 0.3) is 0 Å². The molecule has 0 fully saturated rings. The Morgan fingerprint density at radius 3 is 2.69 bits per heavy atom. The van der Waals surface area contributed by atoms with Gasteiger partial charge in [0.15, 0.2) is 11.2 Å². The third-order valence-corrected chi connectivity index (χ3v) is 2.36. The minimum absolute atomic E-state index is 0.417. The van der Waals surface area contributed by atoms with Crippen LogP contribution in [0.2, 0.25) is 0 Å². The van der Waals surface area contributed by atoms with Gasteiger partial charge in [0.2, 0.25) is 0 Å². The van der Waals surface area contributed by atoms with E-state index in [-0.39, 0.29) is 0 Å². The number of benzene rings is 1. The third kappa shape index (κ3) is 1.24. The maximum Gasteiger partial charge on any atom is 0.425 e. The Labute approximate surface area is 90.8 Å². The lowest BCUT2D eigenvalue weighted by Crippen LogP contribution is -2.11. The molecule has 0 radical (unpaired) electrons. The van der Waals surface area contributed by atoms with Crippen molar-refractivity contribution in [3.63, 3.8) is 0 Å². The third-order valence-electron chi connectivity index (χ3n) is 2.36. The Bertz CT molecular complexity index is 683. The summed E-state index contributed by atoms with van der Waals surface area (Å²) in [7, 11) is 0. The predicted molar refractivity (Wildman–Crippen MR) is 59.6 cm³/mol. The number of oxazole rings is 1. The molecule has 3 rings (SSSR count). The molecule has 0 saturated heterocycles. The van der Waals surface area contributed by atoms with Gasteiger partial charge < -0.3 is 4.42 Å². The Morgan fingerprint density at radius 1 is 1.06 bits per heavy atom. The number of fused-ring (bicyclic) bond motifs is 1. The van der Waals surface area contributed by atoms with Crippen molar-refractivity contribution in [1.29, 1.82) is 0 Å². The van der Waals surface area contributed by atoms with E-state index in [9.17, 15) is 4.79 Å². The first-order valence-electron chi connectivity index (χ1n) is 4.88. The highest BCUT2D eigenvalue weighted by Gasteiger charge is 2.10. The van der Waals surface area contributed by atoms with E-state index in [0.29, 0.717) is 11.2 Å². The zero-order valence-corrected chi connectivity index (χ0v) is 8.33. The summed E-state index contributed by atoms with van der Waals surface area (Å²) in [4.78, 5) is 15.8. The molecule has 78 valence electrons. The van der Waals surface area contributed by atoms with Crippen molar-refractivity contribution < 1.29 is 4.42 Å². The van der Waals surface area contributed by atoms with Crippen LogP contribution in [0.5, 0.6) is 0 Å². The molecular formula is C12H8N2O2. The molecule has 0 saturated carbocycles. The fourth-order valence-corrected chi connectivity index (χ4v) is 1.66. The lowest BCUT2D eigenvalue weighted by molar-refractivity contribution is 0.540. The summed E-state index contributed by atoms with van der Waals surface area (Å²) in [6, 6.07) is 12.8. The highest BCUT2D eigenvalue weighted by atomic mass is 16.4. The highest BCUT2D eigenvalue weighted by molar-refractivity contribution is 5.69. The Kier molecular flexibility index (Phi) is 1.86. The minimum atomic E-state index is -0.417. The fraction of sp³-hybridized carbons (Fsp3) is 0. The van der Waals surface area contributed by atoms with Crippen LogP contribution in [0.25, 0.3) is 16.9 Å². The monoisotopic (exact) mass is 212 g/mol. The molecule has 0 amide bonds. The molecule has 0 bridgehead atoms. The van der Waals surface area contributed by atoms with Gasteiger partial charge in [0.1, 0.15) is 0 Å². The van der Waals surface area contributed by atoms with Crippen molar-refractivity contribution in [2.24, 2.45) is 0 Å². The zero-order valence-electron chi connectivity index (χ0n) is 8.33. The topological polar surface area (TPSA) is 48.0 Å². The van der Waals surface area contributed by atoms with Crippen molar-refractivity contribution in [1.82, 2.24) is 9.55 Å². The Morgan fingerprint density at radius 2 is 1.88 bits per heavy atom. The molecule has 16 heavy (non-hydrogen) atoms. The summed E-state index contributed by atoms with van der Waals surface area (Å²) in [6.07, 6.45) is 1.64. The first kappa shape index (κ1) is 8.91.